The zero-order valence-corrected chi connectivity index (χ0v) is 21.5. The summed E-state index contributed by atoms with van der Waals surface area (Å²) in [6, 6.07) is 2.83. The first-order valence-electron chi connectivity index (χ1n) is 12.4. The number of aliphatic hydroxyl groups excluding tert-OH is 1. The molecule has 0 radical (unpaired) electrons. The Hall–Kier alpha value is -2.62. The second-order valence-corrected chi connectivity index (χ2v) is 11.6. The standard InChI is InChI=1S/C27H29F3O6S/c1-13-9-15-20-22(36-23(33)17-5-4-8-34-17)21(29)16-10-14(31)11-18(32)26(16,3)27(20,30)7-6-25(15,2)19(13)24(37)35-12-28/h4-5,8,10-11,13,15,19-22,31H,6-7,9,12H2,1-3H3/t13?,15-,19?,20+,21?,22?,25-,26+,27-/m0/s1. The third-order valence-electron chi connectivity index (χ3n) is 9.58. The smallest absolute Gasteiger partial charge is 0.374 e. The maximum absolute atomic E-state index is 17.7. The van der Waals surface area contributed by atoms with Crippen LogP contribution in [0.2, 0.25) is 0 Å². The molecule has 0 spiro atoms. The summed E-state index contributed by atoms with van der Waals surface area (Å²) in [5.41, 5.74) is -5.18. The van der Waals surface area contributed by atoms with E-state index >= 15 is 8.78 Å². The fourth-order valence-corrected chi connectivity index (χ4v) is 8.42. The number of aliphatic hydroxyl groups is 1. The topological polar surface area (TPSA) is 86.0 Å². The largest absolute Gasteiger partial charge is 0.508 e. The highest BCUT2D eigenvalue weighted by molar-refractivity contribution is 7.80. The maximum Gasteiger partial charge on any atom is 0.374 e. The van der Waals surface area contributed by atoms with Crippen LogP contribution in [0.3, 0.4) is 0 Å². The van der Waals surface area contributed by atoms with Gasteiger partial charge in [-0.05, 0) is 79.4 Å². The number of esters is 1. The van der Waals surface area contributed by atoms with Gasteiger partial charge >= 0.3 is 5.97 Å². The van der Waals surface area contributed by atoms with E-state index in [2.05, 4.69) is 0 Å². The molecular formula is C27H29F3O6S. The molecule has 200 valence electrons. The van der Waals surface area contributed by atoms with Crippen molar-refractivity contribution >= 4 is 29.0 Å². The van der Waals surface area contributed by atoms with E-state index in [0.717, 1.165) is 12.2 Å². The van der Waals surface area contributed by atoms with Crippen LogP contribution in [0.4, 0.5) is 13.2 Å². The molecule has 0 bridgehead atoms. The van der Waals surface area contributed by atoms with Gasteiger partial charge < -0.3 is 19.0 Å². The first-order valence-corrected chi connectivity index (χ1v) is 12.8. The van der Waals surface area contributed by atoms with Crippen molar-refractivity contribution in [1.29, 1.82) is 0 Å². The summed E-state index contributed by atoms with van der Waals surface area (Å²) in [6.45, 7) is 4.08. The lowest BCUT2D eigenvalue weighted by atomic mass is 9.44. The molecule has 1 N–H and O–H groups in total. The van der Waals surface area contributed by atoms with Crippen LogP contribution in [0.5, 0.6) is 0 Å². The zero-order valence-electron chi connectivity index (χ0n) is 20.7. The maximum atomic E-state index is 17.7. The Morgan fingerprint density at radius 1 is 1.30 bits per heavy atom. The average molecular weight is 539 g/mol. The second-order valence-electron chi connectivity index (χ2n) is 11.2. The van der Waals surface area contributed by atoms with Crippen molar-refractivity contribution in [3.8, 4) is 0 Å². The number of ether oxygens (including phenoxy) is 2. The van der Waals surface area contributed by atoms with Gasteiger partial charge in [0.2, 0.25) is 12.6 Å². The Labute approximate surface area is 217 Å². The Bertz CT molecular complexity index is 1200. The SMILES string of the molecule is CC1C[C@H]2[C@@H]3C(OC(=O)c4ccco4)C(F)C4=CC(O)=CC(=O)[C@]4(C)[C@]3(F)CC[C@]2(C)C1C(=S)OCF. The second kappa shape index (κ2) is 8.71. The molecule has 1 aromatic heterocycles. The number of furan rings is 1. The van der Waals surface area contributed by atoms with Crippen molar-refractivity contribution in [2.75, 3.05) is 6.86 Å². The van der Waals surface area contributed by atoms with Gasteiger partial charge in [-0.3, -0.25) is 4.79 Å². The molecule has 5 rings (SSSR count). The Morgan fingerprint density at radius 3 is 2.68 bits per heavy atom. The molecule has 0 amide bonds. The van der Waals surface area contributed by atoms with E-state index < -0.39 is 70.9 Å². The van der Waals surface area contributed by atoms with Crippen molar-refractivity contribution in [2.45, 2.75) is 58.0 Å². The summed E-state index contributed by atoms with van der Waals surface area (Å²) >= 11 is 5.40. The van der Waals surface area contributed by atoms with Crippen molar-refractivity contribution in [3.63, 3.8) is 0 Å². The highest BCUT2D eigenvalue weighted by atomic mass is 32.1. The molecule has 6 nitrogen and oxygen atoms in total. The van der Waals surface area contributed by atoms with Crippen LogP contribution in [0.25, 0.3) is 0 Å². The van der Waals surface area contributed by atoms with E-state index in [1.165, 1.54) is 25.3 Å². The van der Waals surface area contributed by atoms with E-state index in [9.17, 15) is 19.1 Å². The van der Waals surface area contributed by atoms with Crippen LogP contribution >= 0.6 is 12.2 Å². The first-order chi connectivity index (χ1) is 17.4. The van der Waals surface area contributed by atoms with E-state index in [0.29, 0.717) is 6.42 Å². The summed E-state index contributed by atoms with van der Waals surface area (Å²) in [4.78, 5) is 26.2. The van der Waals surface area contributed by atoms with Gasteiger partial charge in [0.05, 0.1) is 11.7 Å². The molecule has 3 fully saturated rings. The molecule has 9 atom stereocenters. The van der Waals surface area contributed by atoms with Gasteiger partial charge in [0.25, 0.3) is 0 Å². The van der Waals surface area contributed by atoms with Crippen LogP contribution < -0.4 is 0 Å². The Balaban J connectivity index is 1.65. The van der Waals surface area contributed by atoms with Crippen molar-refractivity contribution in [2.24, 2.45) is 34.5 Å². The van der Waals surface area contributed by atoms with E-state index in [1.807, 2.05) is 13.8 Å². The number of hydrogen-bond donors (Lipinski definition) is 1. The van der Waals surface area contributed by atoms with Crippen molar-refractivity contribution in [3.05, 3.63) is 47.6 Å². The van der Waals surface area contributed by atoms with Gasteiger partial charge in [-0.15, -0.1) is 0 Å². The van der Waals surface area contributed by atoms with Crippen LogP contribution in [0.15, 0.2) is 46.3 Å². The number of fused-ring (bicyclic) bond motifs is 5. The number of halogens is 3. The third kappa shape index (κ3) is 3.47. The predicted octanol–water partition coefficient (Wildman–Crippen LogP) is 5.78. The molecule has 4 aliphatic rings. The lowest BCUT2D eigenvalue weighted by molar-refractivity contribution is -0.195. The number of thiocarbonyl (C=S) groups is 1. The molecule has 0 aliphatic heterocycles. The average Bonchev–Trinajstić information content (AvgIpc) is 3.45. The molecule has 4 unspecified atom stereocenters. The molecule has 1 heterocycles. The monoisotopic (exact) mass is 538 g/mol. The summed E-state index contributed by atoms with van der Waals surface area (Å²) in [7, 11) is 0. The normalized spacial score (nSPS) is 42.6. The number of hydrogen-bond acceptors (Lipinski definition) is 7. The number of carbonyl (C=O) groups excluding carboxylic acids is 2. The summed E-state index contributed by atoms with van der Waals surface area (Å²) in [5.74, 6) is -4.70. The molecule has 0 saturated heterocycles. The zero-order chi connectivity index (χ0) is 26.9. The molecule has 37 heavy (non-hydrogen) atoms. The van der Waals surface area contributed by atoms with E-state index in [1.54, 1.807) is 0 Å². The van der Waals surface area contributed by atoms with Gasteiger partial charge in [0.15, 0.2) is 17.0 Å². The van der Waals surface area contributed by atoms with Crippen LogP contribution in [-0.2, 0) is 14.3 Å². The number of carbonyl (C=O) groups is 2. The number of ketones is 1. The minimum Gasteiger partial charge on any atom is -0.508 e. The minimum atomic E-state index is -2.30. The Kier molecular flexibility index (Phi) is 6.12. The fraction of sp³-hybridized carbons (Fsp3) is 0.593. The van der Waals surface area contributed by atoms with Gasteiger partial charge in [0.1, 0.15) is 17.5 Å². The summed E-state index contributed by atoms with van der Waals surface area (Å²) < 4.78 is 63.0. The van der Waals surface area contributed by atoms with Gasteiger partial charge in [-0.1, -0.05) is 13.8 Å². The van der Waals surface area contributed by atoms with Crippen molar-refractivity contribution < 1.29 is 41.8 Å². The minimum absolute atomic E-state index is 0.0801. The molecule has 10 heteroatoms. The van der Waals surface area contributed by atoms with Crippen LogP contribution in [-0.4, -0.2) is 46.7 Å². The number of alkyl halides is 3. The molecular weight excluding hydrogens is 509 g/mol. The third-order valence-corrected chi connectivity index (χ3v) is 9.95. The highest BCUT2D eigenvalue weighted by Crippen LogP contribution is 2.70. The molecule has 1 aromatic rings. The highest BCUT2D eigenvalue weighted by Gasteiger charge is 2.75. The van der Waals surface area contributed by atoms with E-state index in [-0.39, 0.29) is 35.1 Å². The fourth-order valence-electron chi connectivity index (χ4n) is 7.87. The lowest BCUT2D eigenvalue weighted by Crippen LogP contribution is -2.70. The van der Waals surface area contributed by atoms with Gasteiger partial charge in [0, 0.05) is 17.9 Å². The summed E-state index contributed by atoms with van der Waals surface area (Å²) in [5, 5.41) is 10.2. The predicted molar refractivity (Wildman–Crippen MR) is 130 cm³/mol. The number of rotatable bonds is 4. The van der Waals surface area contributed by atoms with Crippen LogP contribution in [0.1, 0.15) is 50.6 Å². The van der Waals surface area contributed by atoms with Gasteiger partial charge in [-0.25, -0.2) is 18.0 Å². The number of allylic oxidation sites excluding steroid dienone is 2. The molecule has 3 saturated carbocycles. The lowest BCUT2D eigenvalue weighted by Gasteiger charge is -2.62. The molecule has 4 aliphatic carbocycles. The van der Waals surface area contributed by atoms with Gasteiger partial charge in [-0.2, -0.15) is 0 Å². The van der Waals surface area contributed by atoms with E-state index in [4.69, 9.17) is 26.1 Å². The quantitative estimate of drug-likeness (QED) is 0.384. The first kappa shape index (κ1) is 26.0. The Morgan fingerprint density at radius 2 is 2.03 bits per heavy atom. The van der Waals surface area contributed by atoms with Crippen LogP contribution in [0, 0.1) is 34.5 Å². The van der Waals surface area contributed by atoms with Crippen molar-refractivity contribution in [1.82, 2.24) is 0 Å². The summed E-state index contributed by atoms with van der Waals surface area (Å²) in [6.07, 6.45) is 0.0871. The molecule has 0 aromatic carbocycles.